The van der Waals surface area contributed by atoms with Gasteiger partial charge in [-0.15, -0.1) is 12.4 Å². The van der Waals surface area contributed by atoms with E-state index in [0.29, 0.717) is 5.75 Å². The van der Waals surface area contributed by atoms with Crippen LogP contribution in [0.4, 0.5) is 0 Å². The van der Waals surface area contributed by atoms with Gasteiger partial charge < -0.3 is 15.2 Å². The largest absolute Gasteiger partial charge is 0.479 e. The molecule has 1 saturated heterocycles. The van der Waals surface area contributed by atoms with Crippen LogP contribution in [-0.2, 0) is 16.1 Å². The van der Waals surface area contributed by atoms with E-state index in [2.05, 4.69) is 23.5 Å². The Bertz CT molecular complexity index is 534. The summed E-state index contributed by atoms with van der Waals surface area (Å²) in [7, 11) is 1.36. The quantitative estimate of drug-likeness (QED) is 0.821. The first-order valence-corrected chi connectivity index (χ1v) is 8.13. The van der Waals surface area contributed by atoms with Crippen LogP contribution in [0.3, 0.4) is 0 Å². The van der Waals surface area contributed by atoms with Crippen molar-refractivity contribution < 1.29 is 14.3 Å². The topological polar surface area (TPSA) is 64.8 Å². The van der Waals surface area contributed by atoms with E-state index in [0.717, 1.165) is 26.1 Å². The van der Waals surface area contributed by atoms with Crippen molar-refractivity contribution in [2.24, 2.45) is 11.1 Å². The molecule has 0 saturated carbocycles. The normalized spacial score (nSPS) is 21.5. The van der Waals surface area contributed by atoms with Gasteiger partial charge in [-0.2, -0.15) is 0 Å². The van der Waals surface area contributed by atoms with E-state index in [1.54, 1.807) is 6.92 Å². The molecule has 1 aromatic carbocycles. The second kappa shape index (κ2) is 8.70. The molecule has 0 spiro atoms. The van der Waals surface area contributed by atoms with Crippen molar-refractivity contribution >= 4 is 18.4 Å². The van der Waals surface area contributed by atoms with E-state index in [1.807, 2.05) is 24.3 Å². The molecule has 0 aromatic heterocycles. The monoisotopic (exact) mass is 356 g/mol. The number of nitrogens with two attached hydrogens (primary N) is 1. The predicted molar refractivity (Wildman–Crippen MR) is 97.4 cm³/mol. The van der Waals surface area contributed by atoms with E-state index >= 15 is 0 Å². The average molecular weight is 357 g/mol. The number of hydrogen-bond donors (Lipinski definition) is 1. The maximum atomic E-state index is 11.4. The summed E-state index contributed by atoms with van der Waals surface area (Å²) in [6.45, 7) is 9.08. The van der Waals surface area contributed by atoms with Gasteiger partial charge in [0.25, 0.3) is 0 Å². The lowest BCUT2D eigenvalue weighted by molar-refractivity contribution is -0.147. The number of esters is 1. The van der Waals surface area contributed by atoms with Crippen molar-refractivity contribution in [3.05, 3.63) is 29.8 Å². The Morgan fingerprint density at radius 3 is 2.54 bits per heavy atom. The minimum absolute atomic E-state index is 0. The summed E-state index contributed by atoms with van der Waals surface area (Å²) < 4.78 is 10.2. The Morgan fingerprint density at radius 2 is 2.00 bits per heavy atom. The van der Waals surface area contributed by atoms with Crippen LogP contribution in [0.25, 0.3) is 0 Å². The zero-order chi connectivity index (χ0) is 17.0. The highest BCUT2D eigenvalue weighted by molar-refractivity contribution is 5.85. The number of hydrogen-bond acceptors (Lipinski definition) is 5. The molecule has 0 amide bonds. The first-order valence-electron chi connectivity index (χ1n) is 8.13. The van der Waals surface area contributed by atoms with E-state index in [4.69, 9.17) is 10.5 Å². The number of likely N-dealkylation sites (tertiary alicyclic amines) is 1. The molecule has 2 N–H and O–H groups in total. The van der Waals surface area contributed by atoms with Crippen LogP contribution >= 0.6 is 12.4 Å². The van der Waals surface area contributed by atoms with Gasteiger partial charge in [-0.1, -0.05) is 26.0 Å². The van der Waals surface area contributed by atoms with Crippen molar-refractivity contribution in [1.82, 2.24) is 4.90 Å². The van der Waals surface area contributed by atoms with Gasteiger partial charge >= 0.3 is 5.97 Å². The molecule has 0 radical (unpaired) electrons. The van der Waals surface area contributed by atoms with E-state index in [9.17, 15) is 4.79 Å². The predicted octanol–water partition coefficient (Wildman–Crippen LogP) is 2.61. The number of benzene rings is 1. The number of methoxy groups -OCH3 is 1. The van der Waals surface area contributed by atoms with Gasteiger partial charge in [0.2, 0.25) is 0 Å². The summed E-state index contributed by atoms with van der Waals surface area (Å²) in [4.78, 5) is 13.8. The highest BCUT2D eigenvalue weighted by Crippen LogP contribution is 2.28. The molecule has 2 rings (SSSR count). The zero-order valence-electron chi connectivity index (χ0n) is 15.0. The lowest BCUT2D eigenvalue weighted by Crippen LogP contribution is -2.52. The van der Waals surface area contributed by atoms with Crippen LogP contribution in [0.15, 0.2) is 24.3 Å². The molecule has 1 heterocycles. The van der Waals surface area contributed by atoms with Crippen LogP contribution in [0, 0.1) is 5.41 Å². The first-order chi connectivity index (χ1) is 10.8. The van der Waals surface area contributed by atoms with Gasteiger partial charge in [0.15, 0.2) is 6.10 Å². The maximum absolute atomic E-state index is 11.4. The highest BCUT2D eigenvalue weighted by atomic mass is 35.5. The van der Waals surface area contributed by atoms with Crippen molar-refractivity contribution in [1.29, 1.82) is 0 Å². The molecule has 6 heteroatoms. The molecule has 1 aliphatic heterocycles. The SMILES string of the molecule is COC(=O)C(C)Oc1ccc(CN2CCC(N)C(C)(C)C2)cc1.Cl. The number of ether oxygens (including phenoxy) is 2. The molecular weight excluding hydrogens is 328 g/mol. The number of nitrogens with zero attached hydrogens (tertiary/aromatic N) is 1. The van der Waals surface area contributed by atoms with Crippen LogP contribution in [-0.4, -0.2) is 43.2 Å². The third-order valence-electron chi connectivity index (χ3n) is 4.57. The number of piperidine rings is 1. The first kappa shape index (κ1) is 20.7. The fraction of sp³-hybridized carbons (Fsp3) is 0.611. The van der Waals surface area contributed by atoms with E-state index in [-0.39, 0.29) is 29.8 Å². The van der Waals surface area contributed by atoms with Gasteiger partial charge in [0.05, 0.1) is 7.11 Å². The summed E-state index contributed by atoms with van der Waals surface area (Å²) in [5.41, 5.74) is 7.57. The number of halogens is 1. The highest BCUT2D eigenvalue weighted by Gasteiger charge is 2.33. The van der Waals surface area contributed by atoms with Crippen LogP contribution in [0.5, 0.6) is 5.75 Å². The molecule has 24 heavy (non-hydrogen) atoms. The molecule has 136 valence electrons. The fourth-order valence-corrected chi connectivity index (χ4v) is 2.97. The van der Waals surface area contributed by atoms with E-state index in [1.165, 1.54) is 12.7 Å². The van der Waals surface area contributed by atoms with Gasteiger partial charge in [0, 0.05) is 25.7 Å². The molecule has 1 aromatic rings. The maximum Gasteiger partial charge on any atom is 0.346 e. The van der Waals surface area contributed by atoms with Gasteiger partial charge in [-0.3, -0.25) is 4.90 Å². The van der Waals surface area contributed by atoms with Crippen LogP contribution < -0.4 is 10.5 Å². The molecule has 0 bridgehead atoms. The minimum atomic E-state index is -0.602. The molecule has 0 aliphatic carbocycles. The summed E-state index contributed by atoms with van der Waals surface area (Å²) in [5.74, 6) is 0.300. The number of carbonyl (C=O) groups is 1. The van der Waals surface area contributed by atoms with E-state index < -0.39 is 6.10 Å². The zero-order valence-corrected chi connectivity index (χ0v) is 15.8. The second-order valence-electron chi connectivity index (χ2n) is 7.02. The van der Waals surface area contributed by atoms with Crippen molar-refractivity contribution in [3.63, 3.8) is 0 Å². The standard InChI is InChI=1S/C18H28N2O3.ClH/c1-13(17(21)22-4)23-15-7-5-14(6-8-15)11-20-10-9-16(19)18(2,3)12-20;/h5-8,13,16H,9-12,19H2,1-4H3;1H. The summed E-state index contributed by atoms with van der Waals surface area (Å²) >= 11 is 0. The van der Waals surface area contributed by atoms with Crippen LogP contribution in [0.1, 0.15) is 32.8 Å². The Morgan fingerprint density at radius 1 is 1.38 bits per heavy atom. The van der Waals surface area contributed by atoms with Crippen molar-refractivity contribution in [3.8, 4) is 5.75 Å². The molecule has 2 atom stereocenters. The lowest BCUT2D eigenvalue weighted by Gasteiger charge is -2.42. The fourth-order valence-electron chi connectivity index (χ4n) is 2.97. The third-order valence-corrected chi connectivity index (χ3v) is 4.57. The molecule has 2 unspecified atom stereocenters. The summed E-state index contributed by atoms with van der Waals surface area (Å²) in [6, 6.07) is 8.15. The smallest absolute Gasteiger partial charge is 0.346 e. The average Bonchev–Trinajstić information content (AvgIpc) is 2.51. The van der Waals surface area contributed by atoms with Gasteiger partial charge in [0.1, 0.15) is 5.75 Å². The third kappa shape index (κ3) is 5.36. The van der Waals surface area contributed by atoms with Crippen molar-refractivity contribution in [2.75, 3.05) is 20.2 Å². The second-order valence-corrected chi connectivity index (χ2v) is 7.02. The van der Waals surface area contributed by atoms with Gasteiger partial charge in [-0.25, -0.2) is 4.79 Å². The van der Waals surface area contributed by atoms with Crippen molar-refractivity contribution in [2.45, 2.75) is 45.9 Å². The summed E-state index contributed by atoms with van der Waals surface area (Å²) in [6.07, 6.45) is 0.431. The molecule has 1 aliphatic rings. The molecule has 1 fully saturated rings. The number of rotatable bonds is 5. The van der Waals surface area contributed by atoms with Gasteiger partial charge in [-0.05, 0) is 36.5 Å². The Kier molecular flexibility index (Phi) is 7.52. The molecule has 5 nitrogen and oxygen atoms in total. The Hall–Kier alpha value is -1.30. The molecular formula is C18H29ClN2O3. The lowest BCUT2D eigenvalue weighted by atomic mass is 9.79. The Balaban J connectivity index is 0.00000288. The number of carbonyl (C=O) groups excluding carboxylic acids is 1. The summed E-state index contributed by atoms with van der Waals surface area (Å²) in [5, 5.41) is 0. The minimum Gasteiger partial charge on any atom is -0.479 e. The Labute approximate surface area is 150 Å². The van der Waals surface area contributed by atoms with Crippen LogP contribution in [0.2, 0.25) is 0 Å².